The molecular weight excluding hydrogens is 250 g/mol. The fraction of sp³-hybridized carbons (Fsp3) is 0.154. The van der Waals surface area contributed by atoms with E-state index >= 15 is 0 Å². The number of anilines is 1. The summed E-state index contributed by atoms with van der Waals surface area (Å²) in [5.74, 6) is 1.06. The zero-order valence-electron chi connectivity index (χ0n) is 9.93. The first kappa shape index (κ1) is 12.7. The molecule has 1 unspecified atom stereocenters. The van der Waals surface area contributed by atoms with Crippen LogP contribution in [0.25, 0.3) is 0 Å². The molecule has 1 atom stereocenters. The highest BCUT2D eigenvalue weighted by atomic mass is 35.5. The number of pyridine rings is 1. The van der Waals surface area contributed by atoms with Gasteiger partial charge in [-0.15, -0.1) is 0 Å². The van der Waals surface area contributed by atoms with Crippen molar-refractivity contribution in [3.63, 3.8) is 0 Å². The van der Waals surface area contributed by atoms with Crippen molar-refractivity contribution >= 4 is 17.4 Å². The van der Waals surface area contributed by atoms with Gasteiger partial charge in [0.05, 0.1) is 13.2 Å². The number of hydrogen-bond donors (Lipinski definition) is 2. The first-order valence-corrected chi connectivity index (χ1v) is 5.80. The highest BCUT2D eigenvalue weighted by Gasteiger charge is 2.16. The van der Waals surface area contributed by atoms with Crippen LogP contribution < -0.4 is 16.2 Å². The van der Waals surface area contributed by atoms with E-state index in [0.717, 1.165) is 11.1 Å². The molecule has 0 aliphatic heterocycles. The zero-order chi connectivity index (χ0) is 13.1. The van der Waals surface area contributed by atoms with Crippen molar-refractivity contribution in [2.24, 2.45) is 5.73 Å². The molecule has 4 N–H and O–H groups in total. The minimum absolute atomic E-state index is 0.397. The minimum atomic E-state index is -0.397. The maximum Gasteiger partial charge on any atom is 0.128 e. The van der Waals surface area contributed by atoms with Crippen molar-refractivity contribution in [3.8, 4) is 5.75 Å². The van der Waals surface area contributed by atoms with Crippen LogP contribution in [0.3, 0.4) is 0 Å². The van der Waals surface area contributed by atoms with Gasteiger partial charge in [0.25, 0.3) is 0 Å². The Morgan fingerprint density at radius 2 is 2.06 bits per heavy atom. The van der Waals surface area contributed by atoms with Crippen LogP contribution >= 0.6 is 11.6 Å². The van der Waals surface area contributed by atoms with E-state index in [1.54, 1.807) is 31.5 Å². The molecule has 2 rings (SSSR count). The fourth-order valence-electron chi connectivity index (χ4n) is 1.80. The van der Waals surface area contributed by atoms with Crippen LogP contribution in [0.4, 0.5) is 5.82 Å². The van der Waals surface area contributed by atoms with Crippen molar-refractivity contribution < 1.29 is 4.74 Å². The van der Waals surface area contributed by atoms with Crippen LogP contribution in [0.2, 0.25) is 5.02 Å². The van der Waals surface area contributed by atoms with Crippen molar-refractivity contribution in [2.45, 2.75) is 6.04 Å². The second kappa shape index (κ2) is 5.25. The largest absolute Gasteiger partial charge is 0.496 e. The van der Waals surface area contributed by atoms with Crippen LogP contribution in [0, 0.1) is 0 Å². The second-order valence-electron chi connectivity index (χ2n) is 3.84. The number of hydrogen-bond acceptors (Lipinski definition) is 4. The number of ether oxygens (including phenoxy) is 1. The monoisotopic (exact) mass is 263 g/mol. The fourth-order valence-corrected chi connectivity index (χ4v) is 1.96. The first-order chi connectivity index (χ1) is 8.63. The molecular formula is C13H14ClN3O. The maximum absolute atomic E-state index is 6.20. The lowest BCUT2D eigenvalue weighted by Crippen LogP contribution is -2.15. The van der Waals surface area contributed by atoms with E-state index in [1.165, 1.54) is 0 Å². The smallest absolute Gasteiger partial charge is 0.128 e. The number of nitrogen functional groups attached to an aromatic ring is 1. The Labute approximate surface area is 111 Å². The summed E-state index contributed by atoms with van der Waals surface area (Å²) in [6, 6.07) is 8.58. The summed E-state index contributed by atoms with van der Waals surface area (Å²) in [5.41, 5.74) is 13.6. The van der Waals surface area contributed by atoms with Gasteiger partial charge in [-0.25, -0.2) is 4.98 Å². The highest BCUT2D eigenvalue weighted by Crippen LogP contribution is 2.32. The zero-order valence-corrected chi connectivity index (χ0v) is 10.7. The Bertz CT molecular complexity index is 560. The van der Waals surface area contributed by atoms with E-state index in [4.69, 9.17) is 27.8 Å². The summed E-state index contributed by atoms with van der Waals surface area (Å²) < 4.78 is 5.28. The topological polar surface area (TPSA) is 74.2 Å². The summed E-state index contributed by atoms with van der Waals surface area (Å²) in [6.07, 6.45) is 1.63. The van der Waals surface area contributed by atoms with Crippen LogP contribution in [0.15, 0.2) is 36.5 Å². The lowest BCUT2D eigenvalue weighted by molar-refractivity contribution is 0.408. The Hall–Kier alpha value is -1.78. The van der Waals surface area contributed by atoms with Gasteiger partial charge in [0, 0.05) is 22.3 Å². The number of methoxy groups -OCH3 is 1. The number of rotatable bonds is 3. The molecule has 0 aliphatic rings. The van der Waals surface area contributed by atoms with E-state index in [2.05, 4.69) is 4.98 Å². The second-order valence-corrected chi connectivity index (χ2v) is 4.28. The highest BCUT2D eigenvalue weighted by molar-refractivity contribution is 6.30. The van der Waals surface area contributed by atoms with Gasteiger partial charge in [0.15, 0.2) is 0 Å². The average Bonchev–Trinajstić information content (AvgIpc) is 2.38. The third-order valence-corrected chi connectivity index (χ3v) is 2.97. The lowest BCUT2D eigenvalue weighted by Gasteiger charge is -2.17. The molecule has 0 radical (unpaired) electrons. The Balaban J connectivity index is 2.46. The molecule has 1 heterocycles. The van der Waals surface area contributed by atoms with Gasteiger partial charge >= 0.3 is 0 Å². The van der Waals surface area contributed by atoms with Crippen LogP contribution in [-0.4, -0.2) is 12.1 Å². The molecule has 1 aromatic heterocycles. The molecule has 0 saturated heterocycles. The molecule has 5 heteroatoms. The minimum Gasteiger partial charge on any atom is -0.496 e. The lowest BCUT2D eigenvalue weighted by atomic mass is 9.99. The summed E-state index contributed by atoms with van der Waals surface area (Å²) in [6.45, 7) is 0. The summed E-state index contributed by atoms with van der Waals surface area (Å²) >= 11 is 5.92. The molecule has 18 heavy (non-hydrogen) atoms. The molecule has 4 nitrogen and oxygen atoms in total. The van der Waals surface area contributed by atoms with E-state index < -0.39 is 6.04 Å². The Kier molecular flexibility index (Phi) is 3.69. The standard InChI is InChI=1S/C13H14ClN3O/c1-18-11-7-8(14)4-5-9(11)12(15)10-3-2-6-17-13(10)16/h2-7,12H,15H2,1H3,(H2,16,17). The molecule has 2 aromatic rings. The van der Waals surface area contributed by atoms with E-state index in [0.29, 0.717) is 16.6 Å². The van der Waals surface area contributed by atoms with Crippen molar-refractivity contribution in [1.82, 2.24) is 4.98 Å². The van der Waals surface area contributed by atoms with Crippen molar-refractivity contribution in [3.05, 3.63) is 52.7 Å². The number of aromatic nitrogens is 1. The quantitative estimate of drug-likeness (QED) is 0.892. The predicted molar refractivity (Wildman–Crippen MR) is 72.7 cm³/mol. The molecule has 0 aliphatic carbocycles. The number of nitrogens with zero attached hydrogens (tertiary/aromatic N) is 1. The SMILES string of the molecule is COc1cc(Cl)ccc1C(N)c1cccnc1N. The van der Waals surface area contributed by atoms with Crippen LogP contribution in [0.5, 0.6) is 5.75 Å². The van der Waals surface area contributed by atoms with Gasteiger partial charge in [-0.2, -0.15) is 0 Å². The van der Waals surface area contributed by atoms with Crippen LogP contribution in [-0.2, 0) is 0 Å². The molecule has 94 valence electrons. The van der Waals surface area contributed by atoms with E-state index in [-0.39, 0.29) is 0 Å². The number of benzene rings is 1. The van der Waals surface area contributed by atoms with Crippen LogP contribution in [0.1, 0.15) is 17.2 Å². The van der Waals surface area contributed by atoms with Gasteiger partial charge in [-0.05, 0) is 18.2 Å². The predicted octanol–water partition coefficient (Wildman–Crippen LogP) is 2.37. The van der Waals surface area contributed by atoms with Gasteiger partial charge in [0.2, 0.25) is 0 Å². The molecule has 0 bridgehead atoms. The molecule has 0 amide bonds. The van der Waals surface area contributed by atoms with Gasteiger partial charge in [-0.3, -0.25) is 0 Å². The third kappa shape index (κ3) is 2.39. The molecule has 0 saturated carbocycles. The average molecular weight is 264 g/mol. The van der Waals surface area contributed by atoms with Crippen molar-refractivity contribution in [1.29, 1.82) is 0 Å². The summed E-state index contributed by atoms with van der Waals surface area (Å²) in [4.78, 5) is 4.03. The number of halogens is 1. The Morgan fingerprint density at radius 3 is 2.72 bits per heavy atom. The van der Waals surface area contributed by atoms with Gasteiger partial charge in [-0.1, -0.05) is 23.7 Å². The Morgan fingerprint density at radius 1 is 1.28 bits per heavy atom. The molecule has 0 spiro atoms. The van der Waals surface area contributed by atoms with Gasteiger partial charge < -0.3 is 16.2 Å². The van der Waals surface area contributed by atoms with E-state index in [9.17, 15) is 0 Å². The normalized spacial score (nSPS) is 12.2. The number of nitrogens with two attached hydrogens (primary N) is 2. The third-order valence-electron chi connectivity index (χ3n) is 2.74. The molecule has 0 fully saturated rings. The maximum atomic E-state index is 6.20. The molecule has 1 aromatic carbocycles. The van der Waals surface area contributed by atoms with E-state index in [1.807, 2.05) is 12.1 Å². The first-order valence-electron chi connectivity index (χ1n) is 5.43. The summed E-state index contributed by atoms with van der Waals surface area (Å²) in [5, 5.41) is 0.599. The van der Waals surface area contributed by atoms with Gasteiger partial charge in [0.1, 0.15) is 11.6 Å². The summed E-state index contributed by atoms with van der Waals surface area (Å²) in [7, 11) is 1.58. The van der Waals surface area contributed by atoms with Crippen molar-refractivity contribution in [2.75, 3.05) is 12.8 Å².